The summed E-state index contributed by atoms with van der Waals surface area (Å²) in [7, 11) is 0. The van der Waals surface area contributed by atoms with Crippen LogP contribution in [0.5, 0.6) is 11.5 Å². The van der Waals surface area contributed by atoms with Crippen molar-refractivity contribution >= 4 is 46.9 Å². The summed E-state index contributed by atoms with van der Waals surface area (Å²) in [5.41, 5.74) is 2.45. The highest BCUT2D eigenvalue weighted by Crippen LogP contribution is 2.30. The summed E-state index contributed by atoms with van der Waals surface area (Å²) in [4.78, 5) is 11.8. The molecule has 0 spiro atoms. The summed E-state index contributed by atoms with van der Waals surface area (Å²) in [5, 5.41) is 23.7. The van der Waals surface area contributed by atoms with Gasteiger partial charge in [-0.2, -0.15) is 5.10 Å². The number of hydrazone groups is 1. The van der Waals surface area contributed by atoms with E-state index < -0.39 is 5.91 Å². The Hall–Kier alpha value is -1.95. The number of carbonyl (C=O) groups is 1. The van der Waals surface area contributed by atoms with Gasteiger partial charge >= 0.3 is 0 Å². The molecule has 0 aromatic heterocycles. The number of aromatic hydroxyl groups is 2. The van der Waals surface area contributed by atoms with Crippen LogP contribution in [0.15, 0.2) is 35.4 Å². The van der Waals surface area contributed by atoms with Crippen LogP contribution in [0, 0.1) is 0 Å². The topological polar surface area (TPSA) is 81.9 Å². The molecule has 2 aromatic rings. The lowest BCUT2D eigenvalue weighted by atomic mass is 10.2. The van der Waals surface area contributed by atoms with E-state index in [2.05, 4.69) is 10.5 Å². The van der Waals surface area contributed by atoms with E-state index in [-0.39, 0.29) is 27.6 Å². The van der Waals surface area contributed by atoms with Gasteiger partial charge in [0.15, 0.2) is 0 Å². The van der Waals surface area contributed by atoms with Gasteiger partial charge in [0, 0.05) is 15.6 Å². The van der Waals surface area contributed by atoms with E-state index >= 15 is 0 Å². The lowest BCUT2D eigenvalue weighted by molar-refractivity contribution is 0.0952. The maximum atomic E-state index is 11.8. The van der Waals surface area contributed by atoms with Crippen molar-refractivity contribution in [1.82, 2.24) is 5.43 Å². The van der Waals surface area contributed by atoms with E-state index in [4.69, 9.17) is 34.8 Å². The molecule has 114 valence electrons. The Morgan fingerprint density at radius 2 is 1.82 bits per heavy atom. The SMILES string of the molecule is O=C(NN=Cc1cc(Cl)cc(Cl)c1O)c1ccc(Cl)cc1O. The van der Waals surface area contributed by atoms with Crippen LogP contribution in [0.4, 0.5) is 0 Å². The standard InChI is InChI=1S/C14H9Cl3N2O3/c15-8-1-2-10(12(20)5-8)14(22)19-18-6-7-3-9(16)4-11(17)13(7)21/h1-6,20-21H,(H,19,22). The molecule has 0 atom stereocenters. The Labute approximate surface area is 140 Å². The van der Waals surface area contributed by atoms with Gasteiger partial charge in [-0.1, -0.05) is 34.8 Å². The van der Waals surface area contributed by atoms with Gasteiger partial charge in [0.2, 0.25) is 0 Å². The minimum absolute atomic E-state index is 0.00917. The Balaban J connectivity index is 2.14. The third-order valence-corrected chi connectivity index (χ3v) is 3.37. The van der Waals surface area contributed by atoms with E-state index in [0.717, 1.165) is 0 Å². The van der Waals surface area contributed by atoms with Gasteiger partial charge < -0.3 is 10.2 Å². The lowest BCUT2D eigenvalue weighted by Crippen LogP contribution is -2.17. The molecule has 0 aliphatic carbocycles. The molecule has 0 bridgehead atoms. The highest BCUT2D eigenvalue weighted by Gasteiger charge is 2.11. The number of halogens is 3. The van der Waals surface area contributed by atoms with E-state index in [1.165, 1.54) is 36.5 Å². The van der Waals surface area contributed by atoms with Crippen molar-refractivity contribution in [2.24, 2.45) is 5.10 Å². The first-order chi connectivity index (χ1) is 10.4. The molecule has 0 saturated heterocycles. The quantitative estimate of drug-likeness (QED) is 0.575. The van der Waals surface area contributed by atoms with Crippen LogP contribution in [-0.2, 0) is 0 Å². The zero-order valence-electron chi connectivity index (χ0n) is 10.8. The predicted octanol–water partition coefficient (Wildman–Crippen LogP) is 3.82. The fraction of sp³-hybridized carbons (Fsp3) is 0. The summed E-state index contributed by atoms with van der Waals surface area (Å²) < 4.78 is 0. The predicted molar refractivity (Wildman–Crippen MR) is 86.3 cm³/mol. The summed E-state index contributed by atoms with van der Waals surface area (Å²) in [6, 6.07) is 6.86. The van der Waals surface area contributed by atoms with Crippen LogP contribution in [0.25, 0.3) is 0 Å². The summed E-state index contributed by atoms with van der Waals surface area (Å²) >= 11 is 17.2. The second-order valence-corrected chi connectivity index (χ2v) is 5.47. The number of hydrogen-bond donors (Lipinski definition) is 3. The number of phenols is 2. The smallest absolute Gasteiger partial charge is 0.275 e. The molecule has 0 aliphatic heterocycles. The fourth-order valence-corrected chi connectivity index (χ4v) is 2.28. The molecule has 22 heavy (non-hydrogen) atoms. The van der Waals surface area contributed by atoms with Crippen molar-refractivity contribution in [3.05, 3.63) is 56.5 Å². The number of nitrogens with zero attached hydrogens (tertiary/aromatic N) is 1. The average Bonchev–Trinajstić information content (AvgIpc) is 2.43. The van der Waals surface area contributed by atoms with Crippen LogP contribution >= 0.6 is 34.8 Å². The number of nitrogens with one attached hydrogen (secondary N) is 1. The Kier molecular flexibility index (Phi) is 5.13. The highest BCUT2D eigenvalue weighted by molar-refractivity contribution is 6.36. The molecule has 1 amide bonds. The second-order valence-electron chi connectivity index (χ2n) is 4.19. The Bertz CT molecular complexity index is 763. The van der Waals surface area contributed by atoms with Crippen molar-refractivity contribution < 1.29 is 15.0 Å². The summed E-state index contributed by atoms with van der Waals surface area (Å²) in [6.07, 6.45) is 1.18. The molecule has 3 N–H and O–H groups in total. The average molecular weight is 360 g/mol. The molecule has 0 aliphatic rings. The third-order valence-electron chi connectivity index (χ3n) is 2.63. The van der Waals surface area contributed by atoms with Crippen LogP contribution in [0.2, 0.25) is 15.1 Å². The van der Waals surface area contributed by atoms with Gasteiger partial charge in [0.25, 0.3) is 5.91 Å². The highest BCUT2D eigenvalue weighted by atomic mass is 35.5. The van der Waals surface area contributed by atoms with E-state index in [0.29, 0.717) is 10.0 Å². The number of hydrogen-bond acceptors (Lipinski definition) is 4. The molecule has 0 heterocycles. The Morgan fingerprint density at radius 1 is 1.09 bits per heavy atom. The second kappa shape index (κ2) is 6.87. The van der Waals surface area contributed by atoms with Gasteiger partial charge in [-0.3, -0.25) is 4.79 Å². The largest absolute Gasteiger partial charge is 0.507 e. The molecule has 0 radical (unpaired) electrons. The summed E-state index contributed by atoms with van der Waals surface area (Å²) in [6.45, 7) is 0. The zero-order valence-corrected chi connectivity index (χ0v) is 13.1. The van der Waals surface area contributed by atoms with Crippen molar-refractivity contribution in [2.75, 3.05) is 0 Å². The van der Waals surface area contributed by atoms with Crippen molar-refractivity contribution in [3.63, 3.8) is 0 Å². The monoisotopic (exact) mass is 358 g/mol. The van der Waals surface area contributed by atoms with Crippen molar-refractivity contribution in [1.29, 1.82) is 0 Å². The summed E-state index contributed by atoms with van der Waals surface area (Å²) in [5.74, 6) is -1.12. The van der Waals surface area contributed by atoms with Crippen LogP contribution in [-0.4, -0.2) is 22.3 Å². The van der Waals surface area contributed by atoms with Gasteiger partial charge in [0.1, 0.15) is 11.5 Å². The van der Waals surface area contributed by atoms with Crippen LogP contribution < -0.4 is 5.43 Å². The first-order valence-corrected chi connectivity index (χ1v) is 7.02. The third kappa shape index (κ3) is 3.82. The lowest BCUT2D eigenvalue weighted by Gasteiger charge is -2.04. The number of benzene rings is 2. The van der Waals surface area contributed by atoms with Crippen LogP contribution in [0.1, 0.15) is 15.9 Å². The van der Waals surface area contributed by atoms with E-state index in [9.17, 15) is 15.0 Å². The molecular formula is C14H9Cl3N2O3. The Morgan fingerprint density at radius 3 is 2.50 bits per heavy atom. The molecule has 0 unspecified atom stereocenters. The number of amides is 1. The van der Waals surface area contributed by atoms with Crippen molar-refractivity contribution in [2.45, 2.75) is 0 Å². The fourth-order valence-electron chi connectivity index (χ4n) is 1.60. The van der Waals surface area contributed by atoms with E-state index in [1.54, 1.807) is 0 Å². The van der Waals surface area contributed by atoms with Gasteiger partial charge in [-0.15, -0.1) is 0 Å². The van der Waals surface area contributed by atoms with Gasteiger partial charge in [0.05, 0.1) is 16.8 Å². The first kappa shape index (κ1) is 16.4. The van der Waals surface area contributed by atoms with Gasteiger partial charge in [-0.05, 0) is 30.3 Å². The minimum atomic E-state index is -0.641. The molecule has 8 heteroatoms. The number of carbonyl (C=O) groups excluding carboxylic acids is 1. The molecule has 2 aromatic carbocycles. The molecule has 0 fully saturated rings. The maximum Gasteiger partial charge on any atom is 0.275 e. The number of phenolic OH excluding ortho intramolecular Hbond substituents is 2. The first-order valence-electron chi connectivity index (χ1n) is 5.88. The molecule has 2 rings (SSSR count). The van der Waals surface area contributed by atoms with Crippen LogP contribution in [0.3, 0.4) is 0 Å². The zero-order chi connectivity index (χ0) is 16.3. The number of rotatable bonds is 3. The molecule has 0 saturated carbocycles. The normalized spacial score (nSPS) is 10.9. The minimum Gasteiger partial charge on any atom is -0.507 e. The van der Waals surface area contributed by atoms with E-state index in [1.807, 2.05) is 0 Å². The molecular weight excluding hydrogens is 351 g/mol. The van der Waals surface area contributed by atoms with Crippen molar-refractivity contribution in [3.8, 4) is 11.5 Å². The van der Waals surface area contributed by atoms with Gasteiger partial charge in [-0.25, -0.2) is 5.43 Å². The maximum absolute atomic E-state index is 11.8. The molecule has 5 nitrogen and oxygen atoms in total.